The molecule has 0 saturated heterocycles. The quantitative estimate of drug-likeness (QED) is 0.728. The highest BCUT2D eigenvalue weighted by Gasteiger charge is 2.07. The lowest BCUT2D eigenvalue weighted by molar-refractivity contribution is 0.0943. The number of aromatic nitrogens is 2. The molecule has 6 nitrogen and oxygen atoms in total. The molecular weight excluding hydrogens is 280 g/mol. The summed E-state index contributed by atoms with van der Waals surface area (Å²) < 4.78 is 4.94. The molecule has 2 N–H and O–H groups in total. The van der Waals surface area contributed by atoms with Gasteiger partial charge >= 0.3 is 0 Å². The third kappa shape index (κ3) is 5.14. The van der Waals surface area contributed by atoms with Crippen LogP contribution in [0, 0.1) is 0 Å². The Morgan fingerprint density at radius 1 is 1.23 bits per heavy atom. The van der Waals surface area contributed by atoms with E-state index in [2.05, 4.69) is 20.6 Å². The summed E-state index contributed by atoms with van der Waals surface area (Å²) in [5.74, 6) is -0.183. The van der Waals surface area contributed by atoms with Gasteiger partial charge in [-0.3, -0.25) is 14.8 Å². The highest BCUT2D eigenvalue weighted by atomic mass is 16.5. The average molecular weight is 300 g/mol. The van der Waals surface area contributed by atoms with E-state index in [1.54, 1.807) is 25.6 Å². The Morgan fingerprint density at radius 3 is 2.91 bits per heavy atom. The fourth-order valence-electron chi connectivity index (χ4n) is 1.87. The predicted molar refractivity (Wildman–Crippen MR) is 84.6 cm³/mol. The smallest absolute Gasteiger partial charge is 0.269 e. The first-order valence-electron chi connectivity index (χ1n) is 7.16. The second-order valence-electron chi connectivity index (χ2n) is 4.71. The first kappa shape index (κ1) is 15.9. The normalized spacial score (nSPS) is 10.2. The van der Waals surface area contributed by atoms with E-state index in [1.165, 1.54) is 0 Å². The Labute approximate surface area is 129 Å². The van der Waals surface area contributed by atoms with Crippen LogP contribution in [0.3, 0.4) is 0 Å². The molecular formula is C16H20N4O2. The van der Waals surface area contributed by atoms with Crippen molar-refractivity contribution in [2.24, 2.45) is 0 Å². The highest BCUT2D eigenvalue weighted by molar-refractivity contribution is 5.93. The van der Waals surface area contributed by atoms with Gasteiger partial charge in [0, 0.05) is 38.3 Å². The Kier molecular flexibility index (Phi) is 6.32. The van der Waals surface area contributed by atoms with Gasteiger partial charge in [-0.1, -0.05) is 6.07 Å². The zero-order valence-corrected chi connectivity index (χ0v) is 12.6. The molecule has 22 heavy (non-hydrogen) atoms. The van der Waals surface area contributed by atoms with Crippen LogP contribution in [0.4, 0.5) is 5.69 Å². The van der Waals surface area contributed by atoms with Crippen LogP contribution in [0.2, 0.25) is 0 Å². The van der Waals surface area contributed by atoms with Gasteiger partial charge < -0.3 is 15.4 Å². The van der Waals surface area contributed by atoms with Gasteiger partial charge in [0.05, 0.1) is 12.2 Å². The zero-order valence-electron chi connectivity index (χ0n) is 12.6. The molecule has 0 aliphatic heterocycles. The summed E-state index contributed by atoms with van der Waals surface area (Å²) in [6.45, 7) is 1.79. The molecule has 116 valence electrons. The van der Waals surface area contributed by atoms with Crippen molar-refractivity contribution in [1.82, 2.24) is 15.3 Å². The summed E-state index contributed by atoms with van der Waals surface area (Å²) in [7, 11) is 1.64. The number of nitrogens with zero attached hydrogens (tertiary/aromatic N) is 2. The van der Waals surface area contributed by atoms with E-state index >= 15 is 0 Å². The molecule has 2 aromatic heterocycles. The standard InChI is InChI=1S/C16H20N4O2/c1-22-10-4-8-19-16(21)15-11-13(6-9-18-15)20-12-14-5-2-3-7-17-14/h2-3,5-7,9,11H,4,8,10,12H2,1H3,(H,18,20)(H,19,21). The van der Waals surface area contributed by atoms with Gasteiger partial charge in [-0.05, 0) is 30.7 Å². The molecule has 6 heteroatoms. The van der Waals surface area contributed by atoms with Gasteiger partial charge in [0.25, 0.3) is 5.91 Å². The lowest BCUT2D eigenvalue weighted by atomic mass is 10.3. The third-order valence-electron chi connectivity index (χ3n) is 3.00. The topological polar surface area (TPSA) is 76.1 Å². The molecule has 0 spiro atoms. The molecule has 2 aromatic rings. The van der Waals surface area contributed by atoms with Crippen molar-refractivity contribution in [3.8, 4) is 0 Å². The van der Waals surface area contributed by atoms with Crippen molar-refractivity contribution >= 4 is 11.6 Å². The van der Waals surface area contributed by atoms with Crippen molar-refractivity contribution in [1.29, 1.82) is 0 Å². The van der Waals surface area contributed by atoms with Crippen LogP contribution in [-0.2, 0) is 11.3 Å². The van der Waals surface area contributed by atoms with E-state index in [0.29, 0.717) is 25.4 Å². The Hall–Kier alpha value is -2.47. The largest absolute Gasteiger partial charge is 0.385 e. The van der Waals surface area contributed by atoms with Gasteiger partial charge in [-0.15, -0.1) is 0 Å². The molecule has 0 aliphatic rings. The number of anilines is 1. The molecule has 0 bridgehead atoms. The first-order valence-corrected chi connectivity index (χ1v) is 7.16. The van der Waals surface area contributed by atoms with Gasteiger partial charge in [-0.2, -0.15) is 0 Å². The van der Waals surface area contributed by atoms with Crippen molar-refractivity contribution in [3.63, 3.8) is 0 Å². The van der Waals surface area contributed by atoms with E-state index < -0.39 is 0 Å². The van der Waals surface area contributed by atoms with Crippen LogP contribution in [0.15, 0.2) is 42.7 Å². The van der Waals surface area contributed by atoms with Crippen LogP contribution in [0.5, 0.6) is 0 Å². The van der Waals surface area contributed by atoms with Gasteiger partial charge in [0.15, 0.2) is 0 Å². The maximum absolute atomic E-state index is 12.0. The third-order valence-corrected chi connectivity index (χ3v) is 3.00. The highest BCUT2D eigenvalue weighted by Crippen LogP contribution is 2.09. The number of nitrogens with one attached hydrogen (secondary N) is 2. The van der Waals surface area contributed by atoms with E-state index in [0.717, 1.165) is 17.8 Å². The number of carbonyl (C=O) groups is 1. The fraction of sp³-hybridized carbons (Fsp3) is 0.312. The molecule has 0 aliphatic carbocycles. The zero-order chi connectivity index (χ0) is 15.6. The summed E-state index contributed by atoms with van der Waals surface area (Å²) in [5.41, 5.74) is 2.16. The van der Waals surface area contributed by atoms with Crippen LogP contribution in [-0.4, -0.2) is 36.1 Å². The van der Waals surface area contributed by atoms with Gasteiger partial charge in [0.2, 0.25) is 0 Å². The monoisotopic (exact) mass is 300 g/mol. The SMILES string of the molecule is COCCCNC(=O)c1cc(NCc2ccccn2)ccn1. The summed E-state index contributed by atoms with van der Waals surface area (Å²) in [6.07, 6.45) is 4.15. The molecule has 2 rings (SSSR count). The Balaban J connectivity index is 1.87. The van der Waals surface area contributed by atoms with Crippen LogP contribution in [0.1, 0.15) is 22.6 Å². The summed E-state index contributed by atoms with van der Waals surface area (Å²) >= 11 is 0. The van der Waals surface area contributed by atoms with Crippen LogP contribution < -0.4 is 10.6 Å². The lowest BCUT2D eigenvalue weighted by Gasteiger charge is -2.08. The number of methoxy groups -OCH3 is 1. The molecule has 0 aromatic carbocycles. The van der Waals surface area contributed by atoms with Gasteiger partial charge in [0.1, 0.15) is 5.69 Å². The van der Waals surface area contributed by atoms with Crippen LogP contribution >= 0.6 is 0 Å². The first-order chi connectivity index (χ1) is 10.8. The Bertz CT molecular complexity index is 590. The number of amides is 1. The molecule has 0 unspecified atom stereocenters. The van der Waals surface area contributed by atoms with E-state index in [-0.39, 0.29) is 5.91 Å². The summed E-state index contributed by atoms with van der Waals surface area (Å²) in [5, 5.41) is 6.04. The lowest BCUT2D eigenvalue weighted by Crippen LogP contribution is -2.26. The number of carbonyl (C=O) groups excluding carboxylic acids is 1. The number of pyridine rings is 2. The minimum atomic E-state index is -0.183. The maximum atomic E-state index is 12.0. The van der Waals surface area contributed by atoms with E-state index in [9.17, 15) is 4.79 Å². The molecule has 0 saturated carbocycles. The van der Waals surface area contributed by atoms with Crippen molar-refractivity contribution in [3.05, 3.63) is 54.1 Å². The number of rotatable bonds is 8. The minimum absolute atomic E-state index is 0.183. The number of hydrogen-bond donors (Lipinski definition) is 2. The van der Waals surface area contributed by atoms with Gasteiger partial charge in [-0.25, -0.2) is 0 Å². The maximum Gasteiger partial charge on any atom is 0.269 e. The Morgan fingerprint density at radius 2 is 2.14 bits per heavy atom. The molecule has 0 atom stereocenters. The van der Waals surface area contributed by atoms with Crippen molar-refractivity contribution in [2.75, 3.05) is 25.6 Å². The number of ether oxygens (including phenoxy) is 1. The molecule has 0 radical (unpaired) electrons. The second kappa shape index (κ2) is 8.74. The van der Waals surface area contributed by atoms with E-state index in [4.69, 9.17) is 4.74 Å². The molecule has 2 heterocycles. The van der Waals surface area contributed by atoms with Crippen LogP contribution in [0.25, 0.3) is 0 Å². The van der Waals surface area contributed by atoms with Crippen molar-refractivity contribution in [2.45, 2.75) is 13.0 Å². The number of hydrogen-bond acceptors (Lipinski definition) is 5. The second-order valence-corrected chi connectivity index (χ2v) is 4.71. The van der Waals surface area contributed by atoms with Crippen molar-refractivity contribution < 1.29 is 9.53 Å². The minimum Gasteiger partial charge on any atom is -0.385 e. The molecule has 1 amide bonds. The van der Waals surface area contributed by atoms with E-state index in [1.807, 2.05) is 24.3 Å². The summed E-state index contributed by atoms with van der Waals surface area (Å²) in [6, 6.07) is 9.31. The average Bonchev–Trinajstić information content (AvgIpc) is 2.58. The predicted octanol–water partition coefficient (Wildman–Crippen LogP) is 1.85. The summed E-state index contributed by atoms with van der Waals surface area (Å²) in [4.78, 5) is 20.3. The fourth-order valence-corrected chi connectivity index (χ4v) is 1.87. The molecule has 0 fully saturated rings.